The number of nitrogens with zero attached hydrogens (tertiary/aromatic N) is 3. The number of oxazole rings is 1. The fourth-order valence-corrected chi connectivity index (χ4v) is 5.90. The summed E-state index contributed by atoms with van der Waals surface area (Å²) >= 11 is 0. The standard InChI is InChI=1S/C32H40N4O8Si/c1-32(2,3)44-30(39)35-12-4-15-42-27(21-35)29(38)34-28(20-33)45-18-11-22-5-7-23(8-6-22)24-9-10-26-25(19-24)36(31(40)43-26)13-16-41-17-14-37/h5-10,19,27-28,37H,4,11-18,21H2,1-3H3,(H,34,38)/t27-,28?/m0/s1. The molecule has 0 saturated carbocycles. The lowest BCUT2D eigenvalue weighted by molar-refractivity contribution is -0.132. The molecule has 1 aliphatic rings. The predicted molar refractivity (Wildman–Crippen MR) is 168 cm³/mol. The number of benzene rings is 2. The summed E-state index contributed by atoms with van der Waals surface area (Å²) in [5.74, 6) is -0.867. The topological polar surface area (TPSA) is 156 Å². The highest BCUT2D eigenvalue weighted by Gasteiger charge is 2.31. The summed E-state index contributed by atoms with van der Waals surface area (Å²) in [5.41, 5.74) is 2.86. The van der Waals surface area contributed by atoms with E-state index in [1.165, 1.54) is 9.47 Å². The van der Waals surface area contributed by atoms with E-state index in [9.17, 15) is 19.6 Å². The lowest BCUT2D eigenvalue weighted by atomic mass is 10.0. The first-order chi connectivity index (χ1) is 21.6. The Kier molecular flexibility index (Phi) is 11.9. The van der Waals surface area contributed by atoms with Crippen molar-refractivity contribution in [2.24, 2.45) is 0 Å². The zero-order chi connectivity index (χ0) is 32.4. The Labute approximate surface area is 264 Å². The zero-order valence-corrected chi connectivity index (χ0v) is 26.9. The van der Waals surface area contributed by atoms with Gasteiger partial charge in [-0.3, -0.25) is 9.36 Å². The van der Waals surface area contributed by atoms with Gasteiger partial charge in [-0.1, -0.05) is 36.4 Å². The highest BCUT2D eigenvalue weighted by Crippen LogP contribution is 2.25. The SMILES string of the molecule is CC(C)(C)OC(=O)N1CCCO[C@H](C(=O)NC(C#N)[Si]CCc2ccc(-c3ccc4oc(=O)n(CCOCCO)c4c3)cc2)C1. The van der Waals surface area contributed by atoms with Crippen molar-refractivity contribution in [3.8, 4) is 17.2 Å². The van der Waals surface area contributed by atoms with Crippen LogP contribution in [0.15, 0.2) is 51.7 Å². The minimum Gasteiger partial charge on any atom is -0.444 e. The van der Waals surface area contributed by atoms with Crippen molar-refractivity contribution in [2.45, 2.75) is 63.6 Å². The number of hydrogen-bond donors (Lipinski definition) is 2. The van der Waals surface area contributed by atoms with E-state index < -0.39 is 35.1 Å². The third kappa shape index (κ3) is 9.76. The lowest BCUT2D eigenvalue weighted by Gasteiger charge is -2.27. The quantitative estimate of drug-likeness (QED) is 0.225. The summed E-state index contributed by atoms with van der Waals surface area (Å²) in [5, 5.41) is 21.4. The van der Waals surface area contributed by atoms with Crippen molar-refractivity contribution in [1.29, 1.82) is 5.26 Å². The average molecular weight is 637 g/mol. The highest BCUT2D eigenvalue weighted by molar-refractivity contribution is 6.39. The number of aliphatic hydroxyl groups is 1. The first-order valence-corrected chi connectivity index (χ1v) is 16.3. The molecule has 0 bridgehead atoms. The van der Waals surface area contributed by atoms with Gasteiger partial charge in [-0.2, -0.15) is 5.26 Å². The molecule has 240 valence electrons. The van der Waals surface area contributed by atoms with Gasteiger partial charge in [0, 0.05) is 13.2 Å². The molecular formula is C32H40N4O8Si. The van der Waals surface area contributed by atoms with E-state index in [2.05, 4.69) is 11.4 Å². The summed E-state index contributed by atoms with van der Waals surface area (Å²) in [6, 6.07) is 16.5. The summed E-state index contributed by atoms with van der Waals surface area (Å²) < 4.78 is 23.3. The van der Waals surface area contributed by atoms with E-state index in [1.807, 2.05) is 36.4 Å². The van der Waals surface area contributed by atoms with Gasteiger partial charge in [0.25, 0.3) is 5.91 Å². The first kappa shape index (κ1) is 33.9. The number of aromatic nitrogens is 1. The Bertz CT molecular complexity index is 1540. The van der Waals surface area contributed by atoms with Gasteiger partial charge in [0.05, 0.1) is 54.0 Å². The number of rotatable bonds is 12. The fourth-order valence-electron chi connectivity index (χ4n) is 4.84. The van der Waals surface area contributed by atoms with Crippen LogP contribution in [-0.2, 0) is 32.0 Å². The van der Waals surface area contributed by atoms with Gasteiger partial charge >= 0.3 is 11.8 Å². The molecule has 12 nitrogen and oxygen atoms in total. The molecule has 0 aliphatic carbocycles. The molecule has 1 fully saturated rings. The van der Waals surface area contributed by atoms with Gasteiger partial charge < -0.3 is 34.0 Å². The number of carbonyl (C=O) groups excluding carboxylic acids is 2. The van der Waals surface area contributed by atoms with Crippen LogP contribution in [-0.4, -0.2) is 93.0 Å². The van der Waals surface area contributed by atoms with E-state index >= 15 is 0 Å². The van der Waals surface area contributed by atoms with Crippen LogP contribution in [0.3, 0.4) is 0 Å². The van der Waals surface area contributed by atoms with Gasteiger partial charge in [-0.25, -0.2) is 9.59 Å². The molecule has 3 aromatic rings. The fraction of sp³-hybridized carbons (Fsp3) is 0.500. The second-order valence-electron chi connectivity index (χ2n) is 11.6. The molecular weight excluding hydrogens is 596 g/mol. The molecule has 1 aromatic heterocycles. The largest absolute Gasteiger partial charge is 0.444 e. The molecule has 2 N–H and O–H groups in total. The van der Waals surface area contributed by atoms with Crippen LogP contribution in [0.1, 0.15) is 32.8 Å². The molecule has 2 radical (unpaired) electrons. The number of carbonyl (C=O) groups is 2. The summed E-state index contributed by atoms with van der Waals surface area (Å²) in [4.78, 5) is 39.3. The number of aryl methyl sites for hydroxylation is 1. The Hall–Kier alpha value is -3.96. The van der Waals surface area contributed by atoms with E-state index in [1.54, 1.807) is 26.8 Å². The van der Waals surface area contributed by atoms with Crippen LogP contribution < -0.4 is 11.1 Å². The van der Waals surface area contributed by atoms with E-state index in [-0.39, 0.29) is 35.9 Å². The molecule has 2 aromatic carbocycles. The maximum atomic E-state index is 13.0. The number of aliphatic hydroxyl groups excluding tert-OH is 1. The van der Waals surface area contributed by atoms with Crippen LogP contribution in [0.2, 0.25) is 6.04 Å². The molecule has 1 saturated heterocycles. The van der Waals surface area contributed by atoms with Gasteiger partial charge in [0.15, 0.2) is 11.7 Å². The summed E-state index contributed by atoms with van der Waals surface area (Å²) in [6.07, 6.45) is -0.0407. The highest BCUT2D eigenvalue weighted by atomic mass is 28.2. The Morgan fingerprint density at radius 1 is 1.18 bits per heavy atom. The van der Waals surface area contributed by atoms with Gasteiger partial charge in [-0.05, 0) is 62.4 Å². The van der Waals surface area contributed by atoms with Crippen LogP contribution in [0.4, 0.5) is 4.79 Å². The molecule has 45 heavy (non-hydrogen) atoms. The Morgan fingerprint density at radius 2 is 1.93 bits per heavy atom. The normalized spacial score (nSPS) is 16.2. The van der Waals surface area contributed by atoms with E-state index in [0.717, 1.165) is 23.1 Å². The number of hydrogen-bond acceptors (Lipinski definition) is 9. The minimum atomic E-state index is -0.871. The zero-order valence-electron chi connectivity index (χ0n) is 25.9. The Morgan fingerprint density at radius 3 is 2.64 bits per heavy atom. The minimum absolute atomic E-state index is 0.0684. The maximum absolute atomic E-state index is 13.0. The number of ether oxygens (including phenoxy) is 3. The Balaban J connectivity index is 1.29. The van der Waals surface area contributed by atoms with Gasteiger partial charge in [-0.15, -0.1) is 0 Å². The predicted octanol–water partition coefficient (Wildman–Crippen LogP) is 2.93. The second kappa shape index (κ2) is 15.9. The van der Waals surface area contributed by atoms with Crippen LogP contribution in [0, 0.1) is 11.3 Å². The van der Waals surface area contributed by atoms with Crippen LogP contribution >= 0.6 is 0 Å². The number of fused-ring (bicyclic) bond motifs is 1. The van der Waals surface area contributed by atoms with Crippen molar-refractivity contribution in [2.75, 3.05) is 39.5 Å². The molecule has 1 aliphatic heterocycles. The van der Waals surface area contributed by atoms with E-state index in [4.69, 9.17) is 23.7 Å². The third-order valence-electron chi connectivity index (χ3n) is 7.05. The molecule has 2 atom stereocenters. The average Bonchev–Trinajstić information content (AvgIpc) is 3.15. The van der Waals surface area contributed by atoms with Crippen molar-refractivity contribution in [1.82, 2.24) is 14.8 Å². The van der Waals surface area contributed by atoms with Crippen molar-refractivity contribution in [3.05, 3.63) is 58.6 Å². The second-order valence-corrected chi connectivity index (χ2v) is 13.1. The molecule has 2 heterocycles. The monoisotopic (exact) mass is 636 g/mol. The van der Waals surface area contributed by atoms with Crippen LogP contribution in [0.5, 0.6) is 0 Å². The summed E-state index contributed by atoms with van der Waals surface area (Å²) in [7, 11) is 0.174. The molecule has 4 rings (SSSR count). The molecule has 13 heteroatoms. The maximum Gasteiger partial charge on any atom is 0.420 e. The molecule has 1 unspecified atom stereocenters. The van der Waals surface area contributed by atoms with Crippen molar-refractivity contribution in [3.63, 3.8) is 0 Å². The summed E-state index contributed by atoms with van der Waals surface area (Å²) in [6.45, 7) is 6.94. The molecule has 2 amide bonds. The lowest BCUT2D eigenvalue weighted by Crippen LogP contribution is -2.49. The first-order valence-electron chi connectivity index (χ1n) is 15.0. The number of nitrogens with one attached hydrogen (secondary N) is 1. The third-order valence-corrected chi connectivity index (χ3v) is 8.27. The van der Waals surface area contributed by atoms with Crippen LogP contribution in [0.25, 0.3) is 22.2 Å². The smallest absolute Gasteiger partial charge is 0.420 e. The van der Waals surface area contributed by atoms with Gasteiger partial charge in [0.1, 0.15) is 11.3 Å². The van der Waals surface area contributed by atoms with Crippen molar-refractivity contribution >= 4 is 32.6 Å². The molecule has 0 spiro atoms. The van der Waals surface area contributed by atoms with Gasteiger partial charge in [0.2, 0.25) is 0 Å². The number of amides is 2. The van der Waals surface area contributed by atoms with E-state index in [0.29, 0.717) is 43.3 Å². The van der Waals surface area contributed by atoms with Crippen molar-refractivity contribution < 1.29 is 33.3 Å². The number of nitriles is 1.